The van der Waals surface area contributed by atoms with Gasteiger partial charge in [0.15, 0.2) is 0 Å². The van der Waals surface area contributed by atoms with Gasteiger partial charge < -0.3 is 5.32 Å². The Labute approximate surface area is 85.2 Å². The summed E-state index contributed by atoms with van der Waals surface area (Å²) in [4.78, 5) is 4.31. The second kappa shape index (κ2) is 4.88. The molecule has 1 aromatic rings. The summed E-state index contributed by atoms with van der Waals surface area (Å²) in [7, 11) is 0. The molecule has 0 fully saturated rings. The first kappa shape index (κ1) is 10.9. The molecule has 78 valence electrons. The van der Waals surface area contributed by atoms with Gasteiger partial charge in [-0.15, -0.1) is 5.10 Å². The average molecular weight is 194 g/mol. The van der Waals surface area contributed by atoms with Crippen LogP contribution in [0.4, 0.5) is 5.95 Å². The minimum absolute atomic E-state index is 0.406. The number of anilines is 1. The van der Waals surface area contributed by atoms with Crippen LogP contribution in [-0.4, -0.2) is 21.2 Å². The molecule has 0 saturated heterocycles. The normalized spacial score (nSPS) is 12.6. The van der Waals surface area contributed by atoms with Gasteiger partial charge in [0.05, 0.1) is 11.4 Å². The van der Waals surface area contributed by atoms with Gasteiger partial charge in [-0.05, 0) is 27.2 Å². The number of nitrogens with zero attached hydrogens (tertiary/aromatic N) is 3. The maximum absolute atomic E-state index is 4.31. The number of hydrogen-bond donors (Lipinski definition) is 1. The van der Waals surface area contributed by atoms with Crippen molar-refractivity contribution >= 4 is 5.95 Å². The molecule has 0 aliphatic rings. The molecular formula is C10H18N4. The van der Waals surface area contributed by atoms with Crippen molar-refractivity contribution in [1.29, 1.82) is 0 Å². The van der Waals surface area contributed by atoms with Gasteiger partial charge in [0.1, 0.15) is 0 Å². The predicted octanol–water partition coefficient (Wildman–Crippen LogP) is 2.09. The molecule has 1 atom stereocenters. The molecule has 4 nitrogen and oxygen atoms in total. The summed E-state index contributed by atoms with van der Waals surface area (Å²) in [6.45, 7) is 8.15. The predicted molar refractivity (Wildman–Crippen MR) is 57.3 cm³/mol. The van der Waals surface area contributed by atoms with Crippen molar-refractivity contribution in [3.8, 4) is 0 Å². The highest BCUT2D eigenvalue weighted by Crippen LogP contribution is 2.05. The molecule has 0 bridgehead atoms. The van der Waals surface area contributed by atoms with Gasteiger partial charge >= 0.3 is 0 Å². The van der Waals surface area contributed by atoms with Crippen LogP contribution in [0, 0.1) is 13.8 Å². The summed E-state index contributed by atoms with van der Waals surface area (Å²) in [5.41, 5.74) is 1.82. The molecule has 0 spiro atoms. The molecule has 1 aromatic heterocycles. The molecule has 1 N–H and O–H groups in total. The van der Waals surface area contributed by atoms with Crippen LogP contribution in [0.15, 0.2) is 0 Å². The quantitative estimate of drug-likeness (QED) is 0.797. The van der Waals surface area contributed by atoms with Crippen molar-refractivity contribution in [3.05, 3.63) is 11.4 Å². The first-order valence-corrected chi connectivity index (χ1v) is 5.08. The van der Waals surface area contributed by atoms with Crippen LogP contribution in [0.2, 0.25) is 0 Å². The van der Waals surface area contributed by atoms with E-state index in [9.17, 15) is 0 Å². The first-order valence-electron chi connectivity index (χ1n) is 5.08. The number of aromatic nitrogens is 3. The van der Waals surface area contributed by atoms with E-state index in [0.29, 0.717) is 12.0 Å². The van der Waals surface area contributed by atoms with E-state index in [1.54, 1.807) is 0 Å². The second-order valence-corrected chi connectivity index (χ2v) is 3.64. The van der Waals surface area contributed by atoms with Crippen LogP contribution < -0.4 is 5.32 Å². The molecule has 0 aliphatic carbocycles. The molecule has 14 heavy (non-hydrogen) atoms. The van der Waals surface area contributed by atoms with Gasteiger partial charge in [-0.1, -0.05) is 13.3 Å². The van der Waals surface area contributed by atoms with Crippen molar-refractivity contribution in [2.45, 2.75) is 46.6 Å². The highest BCUT2D eigenvalue weighted by Gasteiger charge is 2.04. The van der Waals surface area contributed by atoms with Gasteiger partial charge in [-0.2, -0.15) is 5.10 Å². The van der Waals surface area contributed by atoms with Gasteiger partial charge in [0.2, 0.25) is 5.95 Å². The van der Waals surface area contributed by atoms with E-state index in [2.05, 4.69) is 34.3 Å². The zero-order valence-corrected chi connectivity index (χ0v) is 9.33. The van der Waals surface area contributed by atoms with E-state index in [0.717, 1.165) is 24.2 Å². The second-order valence-electron chi connectivity index (χ2n) is 3.64. The molecule has 1 unspecified atom stereocenters. The van der Waals surface area contributed by atoms with E-state index in [4.69, 9.17) is 0 Å². The van der Waals surface area contributed by atoms with Gasteiger partial charge in [0, 0.05) is 6.04 Å². The third-order valence-corrected chi connectivity index (χ3v) is 2.19. The highest BCUT2D eigenvalue weighted by atomic mass is 15.2. The molecule has 4 heteroatoms. The Hall–Kier alpha value is -1.19. The van der Waals surface area contributed by atoms with Crippen molar-refractivity contribution in [2.24, 2.45) is 0 Å². The fourth-order valence-electron chi connectivity index (χ4n) is 1.24. The maximum atomic E-state index is 4.31. The maximum Gasteiger partial charge on any atom is 0.243 e. The first-order chi connectivity index (χ1) is 6.63. The SMILES string of the molecule is CCCC(C)Nc1nnc(C)c(C)n1. The lowest BCUT2D eigenvalue weighted by Crippen LogP contribution is -2.17. The monoisotopic (exact) mass is 194 g/mol. The Kier molecular flexibility index (Phi) is 3.80. The largest absolute Gasteiger partial charge is 0.350 e. The number of aryl methyl sites for hydroxylation is 2. The Morgan fingerprint density at radius 3 is 2.50 bits per heavy atom. The van der Waals surface area contributed by atoms with Gasteiger partial charge in [-0.3, -0.25) is 0 Å². The Morgan fingerprint density at radius 1 is 1.21 bits per heavy atom. The van der Waals surface area contributed by atoms with E-state index in [1.165, 1.54) is 0 Å². The van der Waals surface area contributed by atoms with Crippen molar-refractivity contribution in [1.82, 2.24) is 15.2 Å². The summed E-state index contributed by atoms with van der Waals surface area (Å²) < 4.78 is 0. The smallest absolute Gasteiger partial charge is 0.243 e. The Balaban J connectivity index is 2.63. The Morgan fingerprint density at radius 2 is 1.93 bits per heavy atom. The fourth-order valence-corrected chi connectivity index (χ4v) is 1.24. The molecular weight excluding hydrogens is 176 g/mol. The summed E-state index contributed by atoms with van der Waals surface area (Å²) in [5, 5.41) is 11.2. The van der Waals surface area contributed by atoms with Crippen LogP contribution >= 0.6 is 0 Å². The zero-order chi connectivity index (χ0) is 10.6. The highest BCUT2D eigenvalue weighted by molar-refractivity contribution is 5.25. The lowest BCUT2D eigenvalue weighted by Gasteiger charge is -2.12. The van der Waals surface area contributed by atoms with Crippen LogP contribution in [0.1, 0.15) is 38.1 Å². The molecule has 1 rings (SSSR count). The fraction of sp³-hybridized carbons (Fsp3) is 0.700. The molecule has 0 radical (unpaired) electrons. The van der Waals surface area contributed by atoms with Crippen molar-refractivity contribution in [2.75, 3.05) is 5.32 Å². The minimum atomic E-state index is 0.406. The van der Waals surface area contributed by atoms with Crippen LogP contribution in [0.5, 0.6) is 0 Å². The third-order valence-electron chi connectivity index (χ3n) is 2.19. The molecule has 0 saturated carbocycles. The standard InChI is InChI=1S/C10H18N4/c1-5-6-7(2)11-10-12-8(3)9(4)13-14-10/h7H,5-6H2,1-4H3,(H,11,12,14). The summed E-state index contributed by atoms with van der Waals surface area (Å²) in [6.07, 6.45) is 2.28. The van der Waals surface area contributed by atoms with E-state index in [1.807, 2.05) is 13.8 Å². The molecule has 1 heterocycles. The molecule has 0 aliphatic heterocycles. The lowest BCUT2D eigenvalue weighted by molar-refractivity contribution is 0.679. The zero-order valence-electron chi connectivity index (χ0n) is 9.33. The van der Waals surface area contributed by atoms with Crippen LogP contribution in [-0.2, 0) is 0 Å². The van der Waals surface area contributed by atoms with Crippen LogP contribution in [0.25, 0.3) is 0 Å². The summed E-state index contributed by atoms with van der Waals surface area (Å²) in [6, 6.07) is 0.406. The lowest BCUT2D eigenvalue weighted by atomic mass is 10.2. The third kappa shape index (κ3) is 2.94. The minimum Gasteiger partial charge on any atom is -0.350 e. The Bertz CT molecular complexity index is 298. The van der Waals surface area contributed by atoms with Gasteiger partial charge in [-0.25, -0.2) is 4.98 Å². The van der Waals surface area contributed by atoms with Crippen LogP contribution in [0.3, 0.4) is 0 Å². The average Bonchev–Trinajstić information content (AvgIpc) is 2.12. The summed E-state index contributed by atoms with van der Waals surface area (Å²) >= 11 is 0. The van der Waals surface area contributed by atoms with E-state index < -0.39 is 0 Å². The molecule has 0 aromatic carbocycles. The summed E-state index contributed by atoms with van der Waals surface area (Å²) in [5.74, 6) is 0.633. The number of hydrogen-bond acceptors (Lipinski definition) is 4. The van der Waals surface area contributed by atoms with Crippen molar-refractivity contribution in [3.63, 3.8) is 0 Å². The van der Waals surface area contributed by atoms with E-state index in [-0.39, 0.29) is 0 Å². The van der Waals surface area contributed by atoms with E-state index >= 15 is 0 Å². The number of nitrogens with one attached hydrogen (secondary N) is 1. The number of rotatable bonds is 4. The van der Waals surface area contributed by atoms with Gasteiger partial charge in [0.25, 0.3) is 0 Å². The topological polar surface area (TPSA) is 50.7 Å². The van der Waals surface area contributed by atoms with Crippen molar-refractivity contribution < 1.29 is 0 Å². The molecule has 0 amide bonds.